The third-order valence-electron chi connectivity index (χ3n) is 9.00. The fraction of sp³-hybridized carbons (Fsp3) is 0.679. The van der Waals surface area contributed by atoms with Crippen LogP contribution in [0.1, 0.15) is 76.7 Å². The van der Waals surface area contributed by atoms with Gasteiger partial charge in [0.1, 0.15) is 0 Å². The molecule has 184 valence electrons. The van der Waals surface area contributed by atoms with Crippen LogP contribution in [-0.2, 0) is 19.1 Å². The van der Waals surface area contributed by atoms with Gasteiger partial charge < -0.3 is 15.0 Å². The van der Waals surface area contributed by atoms with Crippen LogP contribution in [-0.4, -0.2) is 37.5 Å². The lowest BCUT2D eigenvalue weighted by molar-refractivity contribution is -0.152. The standard InChI is InChI=1S/C28H38N2O4/c1-3-18(2)23-6-4-5-7-24(23)30-15-22(11-26(30)32)27(33)34-16-25(31)29-17-28-12-19-8-20(13-28)10-21(9-19)14-28/h4-7,18-22H,3,8-17H2,1-2H3,(H,29,31)/t18-,19?,20?,21?,22-,28?/m0/s1. The minimum Gasteiger partial charge on any atom is -0.455 e. The van der Waals surface area contributed by atoms with Crippen LogP contribution in [0.4, 0.5) is 5.69 Å². The predicted molar refractivity (Wildman–Crippen MR) is 130 cm³/mol. The van der Waals surface area contributed by atoms with E-state index in [1.807, 2.05) is 18.2 Å². The van der Waals surface area contributed by atoms with E-state index in [1.54, 1.807) is 4.90 Å². The topological polar surface area (TPSA) is 75.7 Å². The molecule has 6 nitrogen and oxygen atoms in total. The summed E-state index contributed by atoms with van der Waals surface area (Å²) in [4.78, 5) is 39.6. The number of ether oxygens (including phenoxy) is 1. The van der Waals surface area contributed by atoms with E-state index in [9.17, 15) is 14.4 Å². The summed E-state index contributed by atoms with van der Waals surface area (Å²) in [6, 6.07) is 7.91. The zero-order valence-corrected chi connectivity index (χ0v) is 20.6. The predicted octanol–water partition coefficient (Wildman–Crippen LogP) is 4.43. The molecule has 1 N–H and O–H groups in total. The molecule has 0 spiro atoms. The lowest BCUT2D eigenvalue weighted by Gasteiger charge is -2.56. The number of carbonyl (C=O) groups excluding carboxylic acids is 3. The van der Waals surface area contributed by atoms with Crippen LogP contribution in [0.2, 0.25) is 0 Å². The van der Waals surface area contributed by atoms with Gasteiger partial charge in [-0.25, -0.2) is 0 Å². The van der Waals surface area contributed by atoms with E-state index in [0.717, 1.165) is 35.4 Å². The fourth-order valence-electron chi connectivity index (χ4n) is 7.57. The molecule has 6 rings (SSSR count). The average molecular weight is 467 g/mol. The molecule has 34 heavy (non-hydrogen) atoms. The maximum absolute atomic E-state index is 12.7. The van der Waals surface area contributed by atoms with Crippen molar-refractivity contribution in [2.45, 2.75) is 71.1 Å². The van der Waals surface area contributed by atoms with E-state index < -0.39 is 11.9 Å². The van der Waals surface area contributed by atoms with E-state index in [1.165, 1.54) is 38.5 Å². The minimum atomic E-state index is -0.534. The summed E-state index contributed by atoms with van der Waals surface area (Å²) in [5.41, 5.74) is 2.26. The molecular formula is C28H38N2O4. The molecule has 2 atom stereocenters. The molecule has 1 heterocycles. The van der Waals surface area contributed by atoms with Crippen molar-refractivity contribution >= 4 is 23.5 Å². The van der Waals surface area contributed by atoms with Gasteiger partial charge in [0.25, 0.3) is 5.91 Å². The number of esters is 1. The van der Waals surface area contributed by atoms with Gasteiger partial charge in [0.05, 0.1) is 5.92 Å². The molecule has 4 bridgehead atoms. The van der Waals surface area contributed by atoms with Crippen molar-refractivity contribution in [1.82, 2.24) is 5.32 Å². The summed E-state index contributed by atoms with van der Waals surface area (Å²) in [6.45, 7) is 5.02. The van der Waals surface area contributed by atoms with Crippen LogP contribution in [0.15, 0.2) is 24.3 Å². The van der Waals surface area contributed by atoms with Gasteiger partial charge in [0, 0.05) is 25.2 Å². The number of para-hydroxylation sites is 1. The maximum atomic E-state index is 12.7. The van der Waals surface area contributed by atoms with Gasteiger partial charge in [-0.05, 0) is 85.7 Å². The highest BCUT2D eigenvalue weighted by Gasteiger charge is 2.50. The third kappa shape index (κ3) is 4.60. The van der Waals surface area contributed by atoms with Gasteiger partial charge in [-0.2, -0.15) is 0 Å². The highest BCUT2D eigenvalue weighted by Crippen LogP contribution is 2.59. The molecule has 0 radical (unpaired) electrons. The van der Waals surface area contributed by atoms with Gasteiger partial charge in [-0.15, -0.1) is 0 Å². The van der Waals surface area contributed by atoms with Gasteiger partial charge >= 0.3 is 5.97 Å². The Morgan fingerprint density at radius 3 is 2.41 bits per heavy atom. The number of nitrogens with one attached hydrogen (secondary N) is 1. The normalized spacial score (nSPS) is 32.6. The van der Waals surface area contributed by atoms with Crippen LogP contribution in [0, 0.1) is 29.1 Å². The van der Waals surface area contributed by atoms with Gasteiger partial charge in [0.2, 0.25) is 5.91 Å². The van der Waals surface area contributed by atoms with Gasteiger partial charge in [0.15, 0.2) is 6.61 Å². The Kier molecular flexibility index (Phi) is 6.43. The third-order valence-corrected chi connectivity index (χ3v) is 9.00. The molecule has 1 aromatic carbocycles. The largest absolute Gasteiger partial charge is 0.455 e. The molecule has 1 aliphatic heterocycles. The first kappa shape index (κ1) is 23.4. The summed E-state index contributed by atoms with van der Waals surface area (Å²) < 4.78 is 5.36. The van der Waals surface area contributed by atoms with Crippen LogP contribution in [0.3, 0.4) is 0 Å². The quantitative estimate of drug-likeness (QED) is 0.575. The first-order chi connectivity index (χ1) is 16.4. The second-order valence-corrected chi connectivity index (χ2v) is 11.6. The van der Waals surface area contributed by atoms with Crippen LogP contribution in [0.25, 0.3) is 0 Å². The van der Waals surface area contributed by atoms with Crippen LogP contribution in [0.5, 0.6) is 0 Å². The lowest BCUT2D eigenvalue weighted by atomic mass is 9.49. The average Bonchev–Trinajstić information content (AvgIpc) is 3.21. The van der Waals surface area contributed by atoms with Crippen molar-refractivity contribution < 1.29 is 19.1 Å². The Morgan fingerprint density at radius 2 is 1.76 bits per heavy atom. The molecule has 1 aromatic rings. The number of nitrogens with zero attached hydrogens (tertiary/aromatic N) is 1. The number of anilines is 1. The molecular weight excluding hydrogens is 428 g/mol. The number of amides is 2. The Hall–Kier alpha value is -2.37. The van der Waals surface area contributed by atoms with Crippen molar-refractivity contribution in [1.29, 1.82) is 0 Å². The summed E-state index contributed by atoms with van der Waals surface area (Å²) in [5.74, 6) is 1.57. The fourth-order valence-corrected chi connectivity index (χ4v) is 7.57. The van der Waals surface area contributed by atoms with E-state index in [0.29, 0.717) is 19.0 Å². The molecule has 5 aliphatic rings. The highest BCUT2D eigenvalue weighted by molar-refractivity contribution is 6.00. The Bertz CT molecular complexity index is 922. The molecule has 2 amide bonds. The zero-order valence-electron chi connectivity index (χ0n) is 20.6. The molecule has 6 heteroatoms. The Morgan fingerprint density at radius 1 is 1.12 bits per heavy atom. The summed E-state index contributed by atoms with van der Waals surface area (Å²) >= 11 is 0. The van der Waals surface area contributed by atoms with Crippen molar-refractivity contribution in [3.05, 3.63) is 29.8 Å². The van der Waals surface area contributed by atoms with Crippen LogP contribution < -0.4 is 10.2 Å². The monoisotopic (exact) mass is 466 g/mol. The number of rotatable bonds is 8. The Balaban J connectivity index is 1.12. The van der Waals surface area contributed by atoms with Gasteiger partial charge in [-0.1, -0.05) is 32.0 Å². The second-order valence-electron chi connectivity index (χ2n) is 11.6. The van der Waals surface area contributed by atoms with Crippen molar-refractivity contribution in [2.24, 2.45) is 29.1 Å². The van der Waals surface area contributed by atoms with Crippen molar-refractivity contribution in [3.8, 4) is 0 Å². The summed E-state index contributed by atoms with van der Waals surface area (Å²) in [7, 11) is 0. The summed E-state index contributed by atoms with van der Waals surface area (Å²) in [5, 5.41) is 3.06. The van der Waals surface area contributed by atoms with E-state index in [-0.39, 0.29) is 30.3 Å². The Labute approximate surface area is 202 Å². The van der Waals surface area contributed by atoms with Crippen molar-refractivity contribution in [3.63, 3.8) is 0 Å². The maximum Gasteiger partial charge on any atom is 0.311 e. The lowest BCUT2D eigenvalue weighted by Crippen LogP contribution is -2.51. The van der Waals surface area contributed by atoms with Gasteiger partial charge in [-0.3, -0.25) is 14.4 Å². The molecule has 0 unspecified atom stereocenters. The smallest absolute Gasteiger partial charge is 0.311 e. The first-order valence-corrected chi connectivity index (χ1v) is 13.2. The first-order valence-electron chi connectivity index (χ1n) is 13.2. The molecule has 0 aromatic heterocycles. The van der Waals surface area contributed by atoms with Crippen molar-refractivity contribution in [2.75, 3.05) is 24.6 Å². The molecule has 5 fully saturated rings. The number of carbonyl (C=O) groups is 3. The highest BCUT2D eigenvalue weighted by atomic mass is 16.5. The number of hydrogen-bond donors (Lipinski definition) is 1. The zero-order chi connectivity index (χ0) is 23.9. The van der Waals surface area contributed by atoms with E-state index >= 15 is 0 Å². The van der Waals surface area contributed by atoms with E-state index in [2.05, 4.69) is 25.2 Å². The van der Waals surface area contributed by atoms with Crippen LogP contribution >= 0.6 is 0 Å². The molecule has 1 saturated heterocycles. The molecule has 4 aliphatic carbocycles. The number of benzene rings is 1. The van der Waals surface area contributed by atoms with E-state index in [4.69, 9.17) is 4.74 Å². The second kappa shape index (κ2) is 9.35. The summed E-state index contributed by atoms with van der Waals surface area (Å²) in [6.07, 6.45) is 8.94. The SMILES string of the molecule is CC[C@H](C)c1ccccc1N1C[C@@H](C(=O)OCC(=O)NCC23CC4CC(CC(C4)C2)C3)CC1=O. The minimum absolute atomic E-state index is 0.0658. The molecule has 4 saturated carbocycles. The number of hydrogen-bond acceptors (Lipinski definition) is 4.